The molecule has 0 aromatic rings. The third-order valence-corrected chi connectivity index (χ3v) is 9.01. The predicted octanol–water partition coefficient (Wildman–Crippen LogP) is 8.99. The summed E-state index contributed by atoms with van der Waals surface area (Å²) in [6, 6.07) is -1.23. The summed E-state index contributed by atoms with van der Waals surface area (Å²) in [5.41, 5.74) is 0. The molecule has 0 aliphatic rings. The fraction of sp³-hybridized carbons (Fsp3) is 0.861. The molecule has 0 bridgehead atoms. The molecule has 3 atom stereocenters. The van der Waals surface area contributed by atoms with Crippen molar-refractivity contribution in [1.82, 2.24) is 5.32 Å². The Morgan fingerprint density at radius 3 is 1.48 bits per heavy atom. The summed E-state index contributed by atoms with van der Waals surface area (Å²) in [5, 5.41) is 23.2. The highest BCUT2D eigenvalue weighted by Crippen LogP contribution is 2.14. The molecule has 0 spiro atoms. The van der Waals surface area contributed by atoms with Gasteiger partial charge in [-0.2, -0.15) is 8.42 Å². The second-order valence-corrected chi connectivity index (χ2v) is 14.1. The van der Waals surface area contributed by atoms with E-state index in [0.717, 1.165) is 51.4 Å². The Balaban J connectivity index is 4.14. The van der Waals surface area contributed by atoms with Crippen LogP contribution in [-0.2, 0) is 14.9 Å². The molecule has 0 aliphatic heterocycles. The lowest BCUT2D eigenvalue weighted by atomic mass is 10.0. The van der Waals surface area contributed by atoms with Gasteiger partial charge in [0, 0.05) is 0 Å². The predicted molar refractivity (Wildman–Crippen MR) is 185 cm³/mol. The lowest BCUT2D eigenvalue weighted by Gasteiger charge is -2.22. The minimum atomic E-state index is -4.44. The first-order valence-electron chi connectivity index (χ1n) is 18.1. The van der Waals surface area contributed by atoms with Gasteiger partial charge in [0.2, 0.25) is 5.91 Å². The molecule has 0 radical (unpaired) electrons. The van der Waals surface area contributed by atoms with Crippen LogP contribution in [0.25, 0.3) is 0 Å². The minimum absolute atomic E-state index is 0.266. The van der Waals surface area contributed by atoms with Crippen LogP contribution in [0.15, 0.2) is 24.3 Å². The first-order chi connectivity index (χ1) is 21.2. The fourth-order valence-electron chi connectivity index (χ4n) is 5.39. The normalized spacial score (nSPS) is 14.4. The van der Waals surface area contributed by atoms with Crippen LogP contribution in [-0.4, -0.2) is 53.1 Å². The summed E-state index contributed by atoms with van der Waals surface area (Å²) in [4.78, 5) is 12.5. The molecule has 1 amide bonds. The van der Waals surface area contributed by atoms with Gasteiger partial charge in [-0.1, -0.05) is 154 Å². The standard InChI is InChI=1S/C36H69NO6S/c1-3-5-7-9-11-13-15-16-17-18-19-21-22-24-26-28-30-34(38)33(32-44(41,42)43)37-36(40)35(39)31-29-27-25-23-20-14-12-10-8-6-4-2/h12,14,28,30,33-35,38-39H,3-11,13,15-27,29,31-32H2,1-2H3,(H,37,40)(H,41,42,43)/b14-12-,30-28+. The van der Waals surface area contributed by atoms with Gasteiger partial charge in [0.25, 0.3) is 10.1 Å². The Labute approximate surface area is 271 Å². The molecule has 44 heavy (non-hydrogen) atoms. The van der Waals surface area contributed by atoms with E-state index < -0.39 is 40.0 Å². The minimum Gasteiger partial charge on any atom is -0.387 e. The number of hydrogen-bond acceptors (Lipinski definition) is 5. The molecule has 0 saturated heterocycles. The lowest BCUT2D eigenvalue weighted by molar-refractivity contribution is -0.130. The highest BCUT2D eigenvalue weighted by atomic mass is 32.2. The van der Waals surface area contributed by atoms with E-state index >= 15 is 0 Å². The zero-order valence-electron chi connectivity index (χ0n) is 28.4. The lowest BCUT2D eigenvalue weighted by Crippen LogP contribution is -2.50. The zero-order valence-corrected chi connectivity index (χ0v) is 29.2. The monoisotopic (exact) mass is 643 g/mol. The summed E-state index contributed by atoms with van der Waals surface area (Å²) in [7, 11) is -4.44. The molecule has 8 heteroatoms. The maximum atomic E-state index is 12.5. The van der Waals surface area contributed by atoms with Crippen LogP contribution in [0, 0.1) is 0 Å². The number of carbonyl (C=O) groups is 1. The number of aliphatic hydroxyl groups is 2. The molecule has 0 aliphatic carbocycles. The third-order valence-electron chi connectivity index (χ3n) is 8.23. The number of allylic oxidation sites excluding steroid dienone is 3. The number of unbranched alkanes of at least 4 members (excludes halogenated alkanes) is 21. The van der Waals surface area contributed by atoms with E-state index in [1.54, 1.807) is 6.08 Å². The Bertz CT molecular complexity index is 813. The van der Waals surface area contributed by atoms with Gasteiger partial charge in [0.15, 0.2) is 0 Å². The van der Waals surface area contributed by atoms with E-state index in [2.05, 4.69) is 31.3 Å². The Morgan fingerprint density at radius 1 is 0.614 bits per heavy atom. The molecular weight excluding hydrogens is 574 g/mol. The Kier molecular flexibility index (Phi) is 29.6. The SMILES string of the molecule is CCCCC/C=C\CCCCCCC(O)C(=O)NC(CS(=O)(=O)O)C(O)/C=C/CCCCCCCCCCCCCCCC. The number of nitrogens with one attached hydrogen (secondary N) is 1. The Morgan fingerprint density at radius 2 is 1.00 bits per heavy atom. The first kappa shape index (κ1) is 42.8. The van der Waals surface area contributed by atoms with E-state index in [1.807, 2.05) is 0 Å². The van der Waals surface area contributed by atoms with Crippen LogP contribution < -0.4 is 5.32 Å². The van der Waals surface area contributed by atoms with Crippen molar-refractivity contribution in [3.63, 3.8) is 0 Å². The topological polar surface area (TPSA) is 124 Å². The molecule has 0 rings (SSSR count). The van der Waals surface area contributed by atoms with Crippen molar-refractivity contribution in [3.05, 3.63) is 24.3 Å². The van der Waals surface area contributed by atoms with Crippen LogP contribution >= 0.6 is 0 Å². The third kappa shape index (κ3) is 29.5. The molecular formula is C36H69NO6S. The van der Waals surface area contributed by atoms with Gasteiger partial charge in [-0.3, -0.25) is 9.35 Å². The van der Waals surface area contributed by atoms with Gasteiger partial charge in [0.05, 0.1) is 17.9 Å². The molecule has 7 nitrogen and oxygen atoms in total. The fourth-order valence-corrected chi connectivity index (χ4v) is 6.12. The van der Waals surface area contributed by atoms with Crippen LogP contribution in [0.2, 0.25) is 0 Å². The second-order valence-electron chi connectivity index (χ2n) is 12.6. The summed E-state index contributed by atoms with van der Waals surface area (Å²) in [6.45, 7) is 4.45. The van der Waals surface area contributed by atoms with Gasteiger partial charge in [0.1, 0.15) is 6.10 Å². The average molecular weight is 644 g/mol. The van der Waals surface area contributed by atoms with Gasteiger partial charge in [-0.25, -0.2) is 0 Å². The van der Waals surface area contributed by atoms with E-state index in [-0.39, 0.29) is 6.42 Å². The molecule has 0 fully saturated rings. The van der Waals surface area contributed by atoms with Crippen LogP contribution in [0.3, 0.4) is 0 Å². The average Bonchev–Trinajstić information content (AvgIpc) is 2.98. The first-order valence-corrected chi connectivity index (χ1v) is 19.8. The van der Waals surface area contributed by atoms with Gasteiger partial charge < -0.3 is 15.5 Å². The van der Waals surface area contributed by atoms with Crippen LogP contribution in [0.4, 0.5) is 0 Å². The van der Waals surface area contributed by atoms with Gasteiger partial charge in [-0.15, -0.1) is 0 Å². The molecule has 4 N–H and O–H groups in total. The van der Waals surface area contributed by atoms with Crippen molar-refractivity contribution < 1.29 is 28.0 Å². The summed E-state index contributed by atoms with van der Waals surface area (Å²) >= 11 is 0. The highest BCUT2D eigenvalue weighted by Gasteiger charge is 2.27. The van der Waals surface area contributed by atoms with Gasteiger partial charge >= 0.3 is 0 Å². The number of rotatable bonds is 32. The maximum Gasteiger partial charge on any atom is 0.267 e. The number of carbonyl (C=O) groups excluding carboxylic acids is 1. The molecule has 0 aromatic carbocycles. The summed E-state index contributed by atoms with van der Waals surface area (Å²) < 4.78 is 32.3. The van der Waals surface area contributed by atoms with Crippen molar-refractivity contribution in [2.45, 2.75) is 193 Å². The number of aliphatic hydroxyl groups excluding tert-OH is 2. The van der Waals surface area contributed by atoms with Crippen molar-refractivity contribution >= 4 is 16.0 Å². The molecule has 0 saturated carbocycles. The van der Waals surface area contributed by atoms with Crippen LogP contribution in [0.5, 0.6) is 0 Å². The molecule has 3 unspecified atom stereocenters. The second kappa shape index (κ2) is 30.4. The highest BCUT2D eigenvalue weighted by molar-refractivity contribution is 7.85. The van der Waals surface area contributed by atoms with Crippen LogP contribution in [0.1, 0.15) is 174 Å². The van der Waals surface area contributed by atoms with Crippen molar-refractivity contribution in [2.24, 2.45) is 0 Å². The summed E-state index contributed by atoms with van der Waals surface area (Å²) in [5.74, 6) is -1.55. The Hall–Kier alpha value is -1.22. The zero-order chi connectivity index (χ0) is 32.7. The van der Waals surface area contributed by atoms with Gasteiger partial charge in [-0.05, 0) is 44.9 Å². The molecule has 0 aromatic heterocycles. The van der Waals surface area contributed by atoms with Crippen molar-refractivity contribution in [1.29, 1.82) is 0 Å². The number of hydrogen-bond donors (Lipinski definition) is 4. The van der Waals surface area contributed by atoms with E-state index in [0.29, 0.717) is 6.42 Å². The number of amides is 1. The quantitative estimate of drug-likeness (QED) is 0.0329. The van der Waals surface area contributed by atoms with E-state index in [4.69, 9.17) is 0 Å². The summed E-state index contributed by atoms with van der Waals surface area (Å²) in [6.07, 6.45) is 33.8. The smallest absolute Gasteiger partial charge is 0.267 e. The molecule has 260 valence electrons. The van der Waals surface area contributed by atoms with Crippen molar-refractivity contribution in [3.8, 4) is 0 Å². The van der Waals surface area contributed by atoms with Crippen molar-refractivity contribution in [2.75, 3.05) is 5.75 Å². The molecule has 0 heterocycles. The largest absolute Gasteiger partial charge is 0.387 e. The maximum absolute atomic E-state index is 12.5. The van der Waals surface area contributed by atoms with E-state index in [9.17, 15) is 28.0 Å². The van der Waals surface area contributed by atoms with E-state index in [1.165, 1.54) is 102 Å².